The zero-order chi connectivity index (χ0) is 19.4. The van der Waals surface area contributed by atoms with E-state index in [1.54, 1.807) is 12.1 Å². The highest BCUT2D eigenvalue weighted by Crippen LogP contribution is 2.21. The standard InChI is InChI=1S/C17H23N5O4S/c1-21(2)27(24,25)14-7-5-13(6-8-14)16-19-20-17(26-16)15(23)18-9-12-22-10-3-4-11-22/h5-8H,3-4,9-12H2,1-2H3,(H,18,23). The van der Waals surface area contributed by atoms with Crippen molar-refractivity contribution in [3.63, 3.8) is 0 Å². The molecule has 1 aromatic carbocycles. The maximum atomic E-state index is 12.1. The third kappa shape index (κ3) is 4.52. The third-order valence-corrected chi connectivity index (χ3v) is 6.24. The quantitative estimate of drug-likeness (QED) is 0.741. The Bertz CT molecular complexity index is 886. The van der Waals surface area contributed by atoms with Gasteiger partial charge >= 0.3 is 11.8 Å². The van der Waals surface area contributed by atoms with Crippen molar-refractivity contribution < 1.29 is 17.6 Å². The van der Waals surface area contributed by atoms with E-state index in [2.05, 4.69) is 20.4 Å². The topological polar surface area (TPSA) is 109 Å². The molecule has 27 heavy (non-hydrogen) atoms. The van der Waals surface area contributed by atoms with Crippen molar-refractivity contribution >= 4 is 15.9 Å². The molecule has 0 bridgehead atoms. The van der Waals surface area contributed by atoms with Gasteiger partial charge in [-0.05, 0) is 50.2 Å². The predicted octanol–water partition coefficient (Wildman–Crippen LogP) is 0.813. The van der Waals surface area contributed by atoms with E-state index in [1.807, 2.05) is 0 Å². The zero-order valence-corrected chi connectivity index (χ0v) is 16.2. The van der Waals surface area contributed by atoms with Crippen LogP contribution in [0.5, 0.6) is 0 Å². The van der Waals surface area contributed by atoms with Crippen LogP contribution in [0.4, 0.5) is 0 Å². The number of aromatic nitrogens is 2. The van der Waals surface area contributed by atoms with E-state index in [9.17, 15) is 13.2 Å². The Balaban J connectivity index is 1.62. The molecule has 0 aliphatic carbocycles. The lowest BCUT2D eigenvalue weighted by Crippen LogP contribution is -2.33. The fourth-order valence-electron chi connectivity index (χ4n) is 2.82. The molecule has 0 atom stereocenters. The molecule has 1 amide bonds. The Morgan fingerprint density at radius 3 is 2.48 bits per heavy atom. The molecule has 3 rings (SSSR count). The summed E-state index contributed by atoms with van der Waals surface area (Å²) in [6, 6.07) is 6.06. The molecule has 0 unspecified atom stereocenters. The lowest BCUT2D eigenvalue weighted by atomic mass is 10.2. The number of hydrogen-bond donors (Lipinski definition) is 1. The minimum atomic E-state index is -3.50. The fourth-order valence-corrected chi connectivity index (χ4v) is 3.72. The van der Waals surface area contributed by atoms with E-state index >= 15 is 0 Å². The van der Waals surface area contributed by atoms with Gasteiger partial charge in [0.05, 0.1) is 4.90 Å². The molecule has 0 saturated carbocycles. The summed E-state index contributed by atoms with van der Waals surface area (Å²) >= 11 is 0. The summed E-state index contributed by atoms with van der Waals surface area (Å²) in [5, 5.41) is 10.4. The maximum Gasteiger partial charge on any atom is 0.308 e. The number of sulfonamides is 1. The first kappa shape index (κ1) is 19.5. The minimum absolute atomic E-state index is 0.114. The highest BCUT2D eigenvalue weighted by molar-refractivity contribution is 7.89. The second kappa shape index (κ2) is 8.15. The summed E-state index contributed by atoms with van der Waals surface area (Å²) < 4.78 is 30.7. The summed E-state index contributed by atoms with van der Waals surface area (Å²) in [6.07, 6.45) is 2.41. The number of carbonyl (C=O) groups excluding carboxylic acids is 1. The number of carbonyl (C=O) groups is 1. The average Bonchev–Trinajstić information content (AvgIpc) is 3.33. The van der Waals surface area contributed by atoms with Crippen LogP contribution in [0.15, 0.2) is 33.6 Å². The lowest BCUT2D eigenvalue weighted by molar-refractivity contribution is 0.0915. The van der Waals surface area contributed by atoms with E-state index < -0.39 is 15.9 Å². The van der Waals surface area contributed by atoms with Gasteiger partial charge in [0.15, 0.2) is 0 Å². The van der Waals surface area contributed by atoms with E-state index in [0.29, 0.717) is 12.1 Å². The molecule has 1 fully saturated rings. The molecule has 1 aliphatic rings. The van der Waals surface area contributed by atoms with Crippen molar-refractivity contribution in [1.82, 2.24) is 24.7 Å². The molecule has 1 saturated heterocycles. The van der Waals surface area contributed by atoms with E-state index in [-0.39, 0.29) is 16.7 Å². The third-order valence-electron chi connectivity index (χ3n) is 4.41. The van der Waals surface area contributed by atoms with Gasteiger partial charge in [-0.15, -0.1) is 10.2 Å². The summed E-state index contributed by atoms with van der Waals surface area (Å²) in [7, 11) is -0.567. The van der Waals surface area contributed by atoms with Gasteiger partial charge in [0.25, 0.3) is 0 Å². The molecule has 9 nitrogen and oxygen atoms in total. The Labute approximate surface area is 158 Å². The van der Waals surface area contributed by atoms with Gasteiger partial charge in [0.2, 0.25) is 15.9 Å². The molecule has 0 radical (unpaired) electrons. The number of rotatable bonds is 7. The van der Waals surface area contributed by atoms with E-state index in [4.69, 9.17) is 4.42 Å². The van der Waals surface area contributed by atoms with Gasteiger partial charge in [-0.25, -0.2) is 12.7 Å². The first-order valence-corrected chi connectivity index (χ1v) is 10.2. The van der Waals surface area contributed by atoms with Crippen LogP contribution in [-0.2, 0) is 10.0 Å². The SMILES string of the molecule is CN(C)S(=O)(=O)c1ccc(-c2nnc(C(=O)NCCN3CCCC3)o2)cc1. The summed E-state index contributed by atoms with van der Waals surface area (Å²) in [4.78, 5) is 14.6. The number of nitrogens with one attached hydrogen (secondary N) is 1. The van der Waals surface area contributed by atoms with Crippen LogP contribution in [0.3, 0.4) is 0 Å². The van der Waals surface area contributed by atoms with E-state index in [0.717, 1.165) is 23.9 Å². The fraction of sp³-hybridized carbons (Fsp3) is 0.471. The van der Waals surface area contributed by atoms with Gasteiger partial charge < -0.3 is 14.6 Å². The van der Waals surface area contributed by atoms with Crippen LogP contribution < -0.4 is 5.32 Å². The Kier molecular flexibility index (Phi) is 5.88. The number of amides is 1. The second-order valence-electron chi connectivity index (χ2n) is 6.53. The van der Waals surface area contributed by atoms with Gasteiger partial charge in [-0.3, -0.25) is 4.79 Å². The van der Waals surface area contributed by atoms with Crippen molar-refractivity contribution in [2.24, 2.45) is 0 Å². The van der Waals surface area contributed by atoms with Gasteiger partial charge in [0.1, 0.15) is 0 Å². The van der Waals surface area contributed by atoms with Gasteiger partial charge in [0, 0.05) is 32.7 Å². The van der Waals surface area contributed by atoms with Gasteiger partial charge in [-0.1, -0.05) is 0 Å². The summed E-state index contributed by atoms with van der Waals surface area (Å²) in [5.41, 5.74) is 0.538. The van der Waals surface area contributed by atoms with Crippen molar-refractivity contribution in [2.75, 3.05) is 40.3 Å². The maximum absolute atomic E-state index is 12.1. The highest BCUT2D eigenvalue weighted by Gasteiger charge is 2.19. The van der Waals surface area contributed by atoms with Crippen LogP contribution in [0, 0.1) is 0 Å². The van der Waals surface area contributed by atoms with Crippen molar-refractivity contribution in [3.8, 4) is 11.5 Å². The highest BCUT2D eigenvalue weighted by atomic mass is 32.2. The first-order valence-electron chi connectivity index (χ1n) is 8.75. The minimum Gasteiger partial charge on any atom is -0.412 e. The molecular weight excluding hydrogens is 370 g/mol. The van der Waals surface area contributed by atoms with Gasteiger partial charge in [-0.2, -0.15) is 0 Å². The lowest BCUT2D eigenvalue weighted by Gasteiger charge is -2.13. The summed E-state index contributed by atoms with van der Waals surface area (Å²) in [6.45, 7) is 3.46. The monoisotopic (exact) mass is 393 g/mol. The van der Waals surface area contributed by atoms with Crippen molar-refractivity contribution in [2.45, 2.75) is 17.7 Å². The molecule has 1 aliphatic heterocycles. The summed E-state index contributed by atoms with van der Waals surface area (Å²) in [5.74, 6) is -0.371. The van der Waals surface area contributed by atoms with Crippen molar-refractivity contribution in [3.05, 3.63) is 30.2 Å². The van der Waals surface area contributed by atoms with Crippen LogP contribution in [-0.4, -0.2) is 74.0 Å². The molecule has 146 valence electrons. The molecule has 2 aromatic rings. The molecular formula is C17H23N5O4S. The molecule has 1 N–H and O–H groups in total. The molecule has 0 spiro atoms. The normalized spacial score (nSPS) is 15.4. The number of hydrogen-bond acceptors (Lipinski definition) is 7. The Morgan fingerprint density at radius 2 is 1.85 bits per heavy atom. The van der Waals surface area contributed by atoms with Crippen LogP contribution in [0.25, 0.3) is 11.5 Å². The smallest absolute Gasteiger partial charge is 0.308 e. The van der Waals surface area contributed by atoms with E-state index in [1.165, 1.54) is 39.1 Å². The Morgan fingerprint density at radius 1 is 1.19 bits per heavy atom. The number of benzene rings is 1. The van der Waals surface area contributed by atoms with Crippen LogP contribution in [0.2, 0.25) is 0 Å². The average molecular weight is 393 g/mol. The van der Waals surface area contributed by atoms with Crippen LogP contribution >= 0.6 is 0 Å². The first-order chi connectivity index (χ1) is 12.9. The zero-order valence-electron chi connectivity index (χ0n) is 15.4. The molecule has 10 heteroatoms. The number of likely N-dealkylation sites (tertiary alicyclic amines) is 1. The molecule has 2 heterocycles. The van der Waals surface area contributed by atoms with Crippen LogP contribution in [0.1, 0.15) is 23.5 Å². The Hall–Kier alpha value is -2.30. The number of nitrogens with zero attached hydrogens (tertiary/aromatic N) is 4. The predicted molar refractivity (Wildman–Crippen MR) is 98.6 cm³/mol. The van der Waals surface area contributed by atoms with Crippen molar-refractivity contribution in [1.29, 1.82) is 0 Å². The second-order valence-corrected chi connectivity index (χ2v) is 8.68. The molecule has 1 aromatic heterocycles. The largest absolute Gasteiger partial charge is 0.412 e.